The molecule has 1 aromatic carbocycles. The van der Waals surface area contributed by atoms with Crippen LogP contribution in [0, 0.1) is 5.92 Å². The summed E-state index contributed by atoms with van der Waals surface area (Å²) in [6.45, 7) is 2.62. The van der Waals surface area contributed by atoms with Gasteiger partial charge in [-0.3, -0.25) is 0 Å². The second-order valence-corrected chi connectivity index (χ2v) is 4.84. The lowest BCUT2D eigenvalue weighted by molar-refractivity contribution is 0.359. The number of methoxy groups -OCH3 is 1. The van der Waals surface area contributed by atoms with Crippen LogP contribution in [0.1, 0.15) is 12.8 Å². The average molecular weight is 282 g/mol. The highest BCUT2D eigenvalue weighted by Crippen LogP contribution is 2.30. The van der Waals surface area contributed by atoms with Crippen LogP contribution in [0.15, 0.2) is 22.7 Å². The van der Waals surface area contributed by atoms with Gasteiger partial charge < -0.3 is 15.0 Å². The number of benzene rings is 1. The Morgan fingerprint density at radius 2 is 2.26 bits per heavy atom. The zero-order chi connectivity index (χ0) is 13.8. The van der Waals surface area contributed by atoms with Crippen molar-refractivity contribution in [1.82, 2.24) is 10.1 Å². The van der Waals surface area contributed by atoms with Gasteiger partial charge in [-0.25, -0.2) is 0 Å². The fourth-order valence-corrected chi connectivity index (χ4v) is 1.84. The molecule has 2 rings (SSSR count). The minimum atomic E-state index is 0.306. The third-order valence-corrected chi connectivity index (χ3v) is 3.03. The maximum atomic E-state index is 5.92. The van der Waals surface area contributed by atoms with Gasteiger partial charge in [0.05, 0.1) is 12.7 Å². The van der Waals surface area contributed by atoms with Crippen LogP contribution >= 0.6 is 11.6 Å². The van der Waals surface area contributed by atoms with E-state index in [1.807, 2.05) is 13.0 Å². The molecule has 5 nitrogen and oxygen atoms in total. The van der Waals surface area contributed by atoms with Gasteiger partial charge in [-0.15, -0.1) is 0 Å². The lowest BCUT2D eigenvalue weighted by atomic mass is 10.1. The van der Waals surface area contributed by atoms with E-state index < -0.39 is 0 Å². The van der Waals surface area contributed by atoms with Crippen molar-refractivity contribution in [3.05, 3.63) is 29.1 Å². The molecule has 0 amide bonds. The van der Waals surface area contributed by atoms with Crippen LogP contribution in [-0.4, -0.2) is 23.8 Å². The molecular formula is C13H16ClN3O2. The Bertz CT molecular complexity index is 557. The third kappa shape index (κ3) is 3.24. The van der Waals surface area contributed by atoms with Gasteiger partial charge in [0.1, 0.15) is 5.75 Å². The van der Waals surface area contributed by atoms with Crippen LogP contribution in [0.4, 0.5) is 0 Å². The molecule has 1 unspecified atom stereocenters. The topological polar surface area (TPSA) is 74.2 Å². The minimum absolute atomic E-state index is 0.306. The molecule has 1 atom stereocenters. The van der Waals surface area contributed by atoms with E-state index in [0.717, 1.165) is 5.56 Å². The zero-order valence-electron chi connectivity index (χ0n) is 10.9. The molecule has 0 aliphatic heterocycles. The van der Waals surface area contributed by atoms with Crippen LogP contribution in [0.5, 0.6) is 5.75 Å². The number of hydrogen-bond donors (Lipinski definition) is 1. The number of rotatable bonds is 5. The molecule has 0 saturated heterocycles. The molecule has 1 heterocycles. The van der Waals surface area contributed by atoms with Crippen molar-refractivity contribution >= 4 is 11.6 Å². The second kappa shape index (κ2) is 6.04. The molecule has 0 bridgehead atoms. The van der Waals surface area contributed by atoms with Crippen molar-refractivity contribution in [1.29, 1.82) is 0 Å². The molecule has 0 spiro atoms. The fraction of sp³-hybridized carbons (Fsp3) is 0.385. The van der Waals surface area contributed by atoms with E-state index in [0.29, 0.717) is 41.4 Å². The van der Waals surface area contributed by atoms with Gasteiger partial charge in [0.2, 0.25) is 11.7 Å². The van der Waals surface area contributed by atoms with E-state index >= 15 is 0 Å². The van der Waals surface area contributed by atoms with Crippen molar-refractivity contribution in [3.8, 4) is 17.1 Å². The van der Waals surface area contributed by atoms with E-state index in [-0.39, 0.29) is 0 Å². The second-order valence-electron chi connectivity index (χ2n) is 4.40. The summed E-state index contributed by atoms with van der Waals surface area (Å²) in [5, 5.41) is 4.56. The molecule has 0 saturated carbocycles. The van der Waals surface area contributed by atoms with E-state index in [9.17, 15) is 0 Å². The Morgan fingerprint density at radius 3 is 2.95 bits per heavy atom. The van der Waals surface area contributed by atoms with Crippen molar-refractivity contribution in [2.75, 3.05) is 13.7 Å². The summed E-state index contributed by atoms with van der Waals surface area (Å²) in [5.41, 5.74) is 6.33. The maximum Gasteiger partial charge on any atom is 0.227 e. The molecular weight excluding hydrogens is 266 g/mol. The van der Waals surface area contributed by atoms with Gasteiger partial charge in [0.15, 0.2) is 0 Å². The Hall–Kier alpha value is -1.59. The first-order valence-corrected chi connectivity index (χ1v) is 6.38. The van der Waals surface area contributed by atoms with Gasteiger partial charge in [0.25, 0.3) is 0 Å². The zero-order valence-corrected chi connectivity index (χ0v) is 11.6. The van der Waals surface area contributed by atoms with Crippen molar-refractivity contribution in [2.24, 2.45) is 11.7 Å². The lowest BCUT2D eigenvalue weighted by Crippen LogP contribution is -2.13. The first-order chi connectivity index (χ1) is 9.13. The maximum absolute atomic E-state index is 5.92. The predicted molar refractivity (Wildman–Crippen MR) is 73.2 cm³/mol. The first-order valence-electron chi connectivity index (χ1n) is 6.00. The highest BCUT2D eigenvalue weighted by molar-refractivity contribution is 6.30. The van der Waals surface area contributed by atoms with Crippen LogP contribution in [0.25, 0.3) is 11.4 Å². The third-order valence-electron chi connectivity index (χ3n) is 2.80. The van der Waals surface area contributed by atoms with Crippen molar-refractivity contribution < 1.29 is 9.26 Å². The summed E-state index contributed by atoms with van der Waals surface area (Å²) in [6, 6.07) is 5.29. The first kappa shape index (κ1) is 13.8. The molecule has 1 aromatic heterocycles. The summed E-state index contributed by atoms with van der Waals surface area (Å²) in [6.07, 6.45) is 0.666. The summed E-state index contributed by atoms with van der Waals surface area (Å²) >= 11 is 5.92. The standard InChI is InChI=1S/C13H16ClN3O2/c1-8(7-15)5-12-16-13(17-19-12)10-4-3-9(14)6-11(10)18-2/h3-4,6,8H,5,7,15H2,1-2H3. The van der Waals surface area contributed by atoms with Gasteiger partial charge in [-0.2, -0.15) is 4.98 Å². The van der Waals surface area contributed by atoms with Crippen LogP contribution in [0.3, 0.4) is 0 Å². The Balaban J connectivity index is 2.27. The number of halogens is 1. The summed E-state index contributed by atoms with van der Waals surface area (Å²) < 4.78 is 10.5. The molecule has 19 heavy (non-hydrogen) atoms. The molecule has 2 N–H and O–H groups in total. The largest absolute Gasteiger partial charge is 0.496 e. The molecule has 0 radical (unpaired) electrons. The lowest BCUT2D eigenvalue weighted by Gasteiger charge is -2.05. The SMILES string of the molecule is COc1cc(Cl)ccc1-c1noc(CC(C)CN)n1. The van der Waals surface area contributed by atoms with E-state index in [4.69, 9.17) is 26.6 Å². The van der Waals surface area contributed by atoms with Crippen molar-refractivity contribution in [2.45, 2.75) is 13.3 Å². The van der Waals surface area contributed by atoms with Gasteiger partial charge in [0, 0.05) is 11.4 Å². The smallest absolute Gasteiger partial charge is 0.227 e. The molecule has 0 fully saturated rings. The number of ether oxygens (including phenoxy) is 1. The quantitative estimate of drug-likeness (QED) is 0.911. The highest BCUT2D eigenvalue weighted by Gasteiger charge is 2.15. The monoisotopic (exact) mass is 281 g/mol. The van der Waals surface area contributed by atoms with Gasteiger partial charge >= 0.3 is 0 Å². The van der Waals surface area contributed by atoms with Crippen LogP contribution in [0.2, 0.25) is 5.02 Å². The Morgan fingerprint density at radius 1 is 1.47 bits per heavy atom. The molecule has 0 aliphatic carbocycles. The van der Waals surface area contributed by atoms with E-state index in [1.165, 1.54) is 0 Å². The Kier molecular flexibility index (Phi) is 4.39. The summed E-state index contributed by atoms with van der Waals surface area (Å²) in [7, 11) is 1.58. The number of aromatic nitrogens is 2. The summed E-state index contributed by atoms with van der Waals surface area (Å²) in [5.74, 6) is 1.99. The summed E-state index contributed by atoms with van der Waals surface area (Å²) in [4.78, 5) is 4.35. The van der Waals surface area contributed by atoms with Gasteiger partial charge in [-0.1, -0.05) is 23.7 Å². The van der Waals surface area contributed by atoms with E-state index in [2.05, 4.69) is 10.1 Å². The van der Waals surface area contributed by atoms with Gasteiger partial charge in [-0.05, 0) is 30.7 Å². The van der Waals surface area contributed by atoms with E-state index in [1.54, 1.807) is 19.2 Å². The molecule has 0 aliphatic rings. The fourth-order valence-electron chi connectivity index (χ4n) is 1.68. The molecule has 6 heteroatoms. The number of nitrogens with two attached hydrogens (primary N) is 1. The number of hydrogen-bond acceptors (Lipinski definition) is 5. The molecule has 102 valence electrons. The predicted octanol–water partition coefficient (Wildman–Crippen LogP) is 2.54. The van der Waals surface area contributed by atoms with Crippen molar-refractivity contribution in [3.63, 3.8) is 0 Å². The molecule has 2 aromatic rings. The Labute approximate surface area is 116 Å². The minimum Gasteiger partial charge on any atom is -0.496 e. The highest BCUT2D eigenvalue weighted by atomic mass is 35.5. The van der Waals surface area contributed by atoms with Crippen LogP contribution < -0.4 is 10.5 Å². The normalized spacial score (nSPS) is 12.4. The number of nitrogens with zero attached hydrogens (tertiary/aromatic N) is 2. The average Bonchev–Trinajstić information content (AvgIpc) is 2.86. The van der Waals surface area contributed by atoms with Crippen LogP contribution in [-0.2, 0) is 6.42 Å².